The minimum atomic E-state index is 0.220. The maximum absolute atomic E-state index is 6.12. The average molecular weight is 915 g/mol. The Morgan fingerprint density at radius 2 is 0.766 bits per heavy atom. The van der Waals surface area contributed by atoms with Crippen molar-refractivity contribution in [3.63, 3.8) is 0 Å². The Hall–Kier alpha value is 1.81. The van der Waals surface area contributed by atoms with Crippen LogP contribution in [0.15, 0.2) is 0 Å². The van der Waals surface area contributed by atoms with Gasteiger partial charge in [0, 0.05) is 13.2 Å². The van der Waals surface area contributed by atoms with Crippen LogP contribution in [0, 0.1) is 35.5 Å². The van der Waals surface area contributed by atoms with Gasteiger partial charge in [0.2, 0.25) is 0 Å². The van der Waals surface area contributed by atoms with E-state index in [2.05, 4.69) is 57.4 Å². The number of ether oxygens (including phenoxy) is 2. The molecule has 0 spiro atoms. The minimum absolute atomic E-state index is 0.220. The van der Waals surface area contributed by atoms with Crippen molar-refractivity contribution in [1.82, 2.24) is 0 Å². The summed E-state index contributed by atoms with van der Waals surface area (Å²) in [5, 5.41) is 0. The summed E-state index contributed by atoms with van der Waals surface area (Å²) in [5.74, 6) is 6.32. The normalized spacial score (nSPS) is 32.2. The molecule has 0 N–H and O–H groups in total. The van der Waals surface area contributed by atoms with Crippen LogP contribution < -0.4 is 0 Å². The maximum Gasteiger partial charge on any atom is 0.0938 e. The highest BCUT2D eigenvalue weighted by molar-refractivity contribution is 14.1. The lowest BCUT2D eigenvalue weighted by atomic mass is 9.70. The molecule has 0 bridgehead atoms. The van der Waals surface area contributed by atoms with E-state index in [1.165, 1.54) is 185 Å². The summed E-state index contributed by atoms with van der Waals surface area (Å²) in [4.78, 5) is 0. The monoisotopic (exact) mass is 914 g/mol. The third-order valence-corrected chi connectivity index (χ3v) is 19.1. The highest BCUT2D eigenvalue weighted by atomic mass is 127. The predicted molar refractivity (Wildman–Crippen MR) is 231 cm³/mol. The quantitative estimate of drug-likeness (QED) is 0.0494. The molecule has 278 valence electrons. The molecular weight excluding hydrogens is 834 g/mol. The number of unbranched alkanes of at least 4 members (excludes halogenated alkanes) is 5. The molecule has 0 aliphatic heterocycles. The third-order valence-electron chi connectivity index (χ3n) is 13.0. The highest BCUT2D eigenvalue weighted by Crippen LogP contribution is 2.43. The van der Waals surface area contributed by atoms with Gasteiger partial charge in [-0.3, -0.25) is 0 Å². The van der Waals surface area contributed by atoms with Gasteiger partial charge >= 0.3 is 0 Å². The molecule has 4 aliphatic carbocycles. The zero-order valence-electron chi connectivity index (χ0n) is 31.5. The van der Waals surface area contributed by atoms with Gasteiger partial charge in [0.1, 0.15) is 0 Å². The van der Waals surface area contributed by atoms with Crippen molar-refractivity contribution in [2.24, 2.45) is 35.5 Å². The first-order valence-electron chi connectivity index (χ1n) is 21.5. The largest absolute Gasteiger partial charge is 0.378 e. The van der Waals surface area contributed by atoms with Gasteiger partial charge in [0.25, 0.3) is 0 Å². The van der Waals surface area contributed by atoms with E-state index in [0.29, 0.717) is 12.2 Å². The van der Waals surface area contributed by atoms with Crippen LogP contribution in [0.25, 0.3) is 0 Å². The van der Waals surface area contributed by atoms with E-state index in [4.69, 9.17) is 9.47 Å². The van der Waals surface area contributed by atoms with Gasteiger partial charge in [-0.2, -0.15) is 0 Å². The Kier molecular flexibility index (Phi) is 26.1. The van der Waals surface area contributed by atoms with E-state index in [1.807, 2.05) is 0 Å². The molecule has 0 heterocycles. The van der Waals surface area contributed by atoms with Crippen molar-refractivity contribution in [3.05, 3.63) is 0 Å². The first kappa shape index (κ1) is 43.2. The molecule has 0 atom stereocenters. The molecule has 2 nitrogen and oxygen atoms in total. The molecule has 4 aliphatic rings. The smallest absolute Gasteiger partial charge is 0.0938 e. The van der Waals surface area contributed by atoms with Gasteiger partial charge in [-0.1, -0.05) is 109 Å². The fourth-order valence-electron chi connectivity index (χ4n) is 9.79. The summed E-state index contributed by atoms with van der Waals surface area (Å²) in [5.41, 5.74) is 0. The van der Waals surface area contributed by atoms with Crippen LogP contribution in [0.1, 0.15) is 187 Å². The van der Waals surface area contributed by atoms with Gasteiger partial charge in [-0.15, -0.1) is 43.6 Å². The zero-order valence-corrected chi connectivity index (χ0v) is 38.7. The number of rotatable bonds is 21. The molecule has 4 fully saturated rings. The van der Waals surface area contributed by atoms with Crippen molar-refractivity contribution >= 4 is 57.6 Å². The number of hydrogen-bond acceptors (Lipinski definition) is 2. The summed E-state index contributed by atoms with van der Waals surface area (Å²) in [6, 6.07) is 2.91. The van der Waals surface area contributed by atoms with Gasteiger partial charge in [0.05, 0.1) is 26.2 Å². The van der Waals surface area contributed by atoms with Crippen LogP contribution in [0.5, 0.6) is 0 Å². The van der Waals surface area contributed by atoms with Gasteiger partial charge in [0.15, 0.2) is 0 Å². The summed E-state index contributed by atoms with van der Waals surface area (Å²) in [7, 11) is 0.442. The van der Waals surface area contributed by atoms with Crippen molar-refractivity contribution in [3.8, 4) is 0 Å². The number of hydrogen-bond donors (Lipinski definition) is 0. The van der Waals surface area contributed by atoms with Gasteiger partial charge in [-0.05, 0) is 125 Å². The van der Waals surface area contributed by atoms with Gasteiger partial charge < -0.3 is 9.47 Å². The van der Waals surface area contributed by atoms with E-state index in [0.717, 1.165) is 48.7 Å². The topological polar surface area (TPSA) is 18.5 Å². The first-order chi connectivity index (χ1) is 23.2. The Balaban J connectivity index is 0.000000256. The summed E-state index contributed by atoms with van der Waals surface area (Å²) >= 11 is 5.21. The standard InChI is InChI=1S/C21H41IOSi.C20H39IOSi/c1-2-3-4-5-7-18-8-10-19(11-9-18)20-12-14-21(15-13-20)23-16-6-17-24-22;1-2-3-4-6-17-7-9-18(10-8-17)19-11-13-20(14-12-19)22-15-5-16-23-21/h18-21H,2-17,24H2,1H3;17-20H,2-16,23H2,1H3. The number of halogens is 2. The Morgan fingerprint density at radius 3 is 1.13 bits per heavy atom. The minimum Gasteiger partial charge on any atom is -0.378 e. The van der Waals surface area contributed by atoms with Crippen molar-refractivity contribution in [1.29, 1.82) is 0 Å². The van der Waals surface area contributed by atoms with Crippen LogP contribution in [0.4, 0.5) is 0 Å². The van der Waals surface area contributed by atoms with Crippen LogP contribution >= 0.6 is 43.6 Å². The molecule has 0 aromatic rings. The van der Waals surface area contributed by atoms with Crippen molar-refractivity contribution < 1.29 is 9.47 Å². The van der Waals surface area contributed by atoms with Crippen molar-refractivity contribution in [2.45, 2.75) is 212 Å². The third kappa shape index (κ3) is 18.9. The van der Waals surface area contributed by atoms with Crippen LogP contribution in [-0.4, -0.2) is 39.5 Å². The summed E-state index contributed by atoms with van der Waals surface area (Å²) < 4.78 is 12.2. The zero-order chi connectivity index (χ0) is 33.4. The molecule has 47 heavy (non-hydrogen) atoms. The highest BCUT2D eigenvalue weighted by Gasteiger charge is 2.32. The Labute approximate surface area is 324 Å². The lowest BCUT2D eigenvalue weighted by Gasteiger charge is -2.38. The molecule has 6 heteroatoms. The molecule has 0 aromatic carbocycles. The molecule has 4 saturated carbocycles. The second kappa shape index (κ2) is 28.3. The van der Waals surface area contributed by atoms with E-state index < -0.39 is 0 Å². The molecule has 4 rings (SSSR count). The predicted octanol–water partition coefficient (Wildman–Crippen LogP) is 12.9. The Morgan fingerprint density at radius 1 is 0.426 bits per heavy atom. The van der Waals surface area contributed by atoms with Crippen LogP contribution in [0.2, 0.25) is 12.1 Å². The fourth-order valence-corrected chi connectivity index (χ4v) is 13.8. The van der Waals surface area contributed by atoms with Gasteiger partial charge in [-0.25, -0.2) is 0 Å². The SMILES string of the molecule is CCCCCC1CCC(C2CCC(OCCC[SiH2]I)CC2)CC1.CCCCCCC1CCC(C2CCC(OCCC[SiH2]I)CC2)CC1. The second-order valence-electron chi connectivity index (χ2n) is 16.5. The molecule has 0 radical (unpaired) electrons. The van der Waals surface area contributed by atoms with E-state index >= 15 is 0 Å². The average Bonchev–Trinajstić information content (AvgIpc) is 3.12. The molecule has 0 aromatic heterocycles. The van der Waals surface area contributed by atoms with Crippen LogP contribution in [-0.2, 0) is 9.47 Å². The summed E-state index contributed by atoms with van der Waals surface area (Å²) in [6.07, 6.45) is 40.5. The van der Waals surface area contributed by atoms with E-state index in [1.54, 1.807) is 0 Å². The molecular formula is C41H80I2O2Si2. The Bertz CT molecular complexity index is 668. The molecule has 0 saturated heterocycles. The lowest BCUT2D eigenvalue weighted by Crippen LogP contribution is -2.28. The summed E-state index contributed by atoms with van der Waals surface area (Å²) in [6.45, 7) is 6.71. The van der Waals surface area contributed by atoms with E-state index in [-0.39, 0.29) is 14.0 Å². The van der Waals surface area contributed by atoms with Crippen molar-refractivity contribution in [2.75, 3.05) is 13.2 Å². The maximum atomic E-state index is 6.12. The molecule has 0 amide bonds. The lowest BCUT2D eigenvalue weighted by molar-refractivity contribution is 0.00721. The van der Waals surface area contributed by atoms with Crippen LogP contribution in [0.3, 0.4) is 0 Å². The first-order valence-corrected chi connectivity index (χ1v) is 33.7. The van der Waals surface area contributed by atoms with E-state index in [9.17, 15) is 0 Å². The fraction of sp³-hybridized carbons (Fsp3) is 1.00. The second-order valence-corrected chi connectivity index (χ2v) is 25.2. The molecule has 0 unspecified atom stereocenters.